The van der Waals surface area contributed by atoms with Crippen LogP contribution in [-0.2, 0) is 9.53 Å². The van der Waals surface area contributed by atoms with Gasteiger partial charge in [0.1, 0.15) is 31.4 Å². The van der Waals surface area contributed by atoms with Gasteiger partial charge in [-0.2, -0.15) is 5.26 Å². The van der Waals surface area contributed by atoms with Crippen LogP contribution in [0, 0.1) is 11.3 Å². The third kappa shape index (κ3) is 4.43. The van der Waals surface area contributed by atoms with Crippen LogP contribution in [0.2, 0.25) is 5.02 Å². The van der Waals surface area contributed by atoms with Crippen LogP contribution in [0.15, 0.2) is 18.2 Å². The van der Waals surface area contributed by atoms with E-state index in [0.29, 0.717) is 22.8 Å². The van der Waals surface area contributed by atoms with Gasteiger partial charge in [-0.1, -0.05) is 11.6 Å². The van der Waals surface area contributed by atoms with E-state index in [2.05, 4.69) is 5.32 Å². The summed E-state index contributed by atoms with van der Waals surface area (Å²) in [4.78, 5) is 13.3. The lowest BCUT2D eigenvalue weighted by atomic mass is 10.2. The second-order valence-corrected chi connectivity index (χ2v) is 5.88. The number of nitrogens with one attached hydrogen (secondary N) is 2. The molecule has 0 radical (unpaired) electrons. The monoisotopic (exact) mass is 308 g/mol. The first kappa shape index (κ1) is 15.8. The minimum atomic E-state index is -0.120. The highest BCUT2D eigenvalue weighted by Gasteiger charge is 2.27. The van der Waals surface area contributed by atoms with E-state index in [0.717, 1.165) is 13.1 Å². The minimum Gasteiger partial charge on any atom is -0.364 e. The molecule has 0 unspecified atom stereocenters. The Morgan fingerprint density at radius 2 is 2.14 bits per heavy atom. The van der Waals surface area contributed by atoms with E-state index in [-0.39, 0.29) is 18.1 Å². The second-order valence-electron chi connectivity index (χ2n) is 5.44. The molecule has 2 rings (SSSR count). The lowest BCUT2D eigenvalue weighted by Crippen LogP contribution is -3.16. The summed E-state index contributed by atoms with van der Waals surface area (Å²) in [6.45, 7) is 5.99. The highest BCUT2D eigenvalue weighted by molar-refractivity contribution is 6.31. The molecule has 2 atom stereocenters. The first-order valence-corrected chi connectivity index (χ1v) is 7.34. The van der Waals surface area contributed by atoms with Gasteiger partial charge in [0.15, 0.2) is 6.54 Å². The van der Waals surface area contributed by atoms with Crippen LogP contribution in [0.3, 0.4) is 0 Å². The van der Waals surface area contributed by atoms with Crippen LogP contribution in [0.5, 0.6) is 0 Å². The largest absolute Gasteiger partial charge is 0.364 e. The summed E-state index contributed by atoms with van der Waals surface area (Å²) in [6, 6.07) is 6.87. The zero-order chi connectivity index (χ0) is 15.4. The fourth-order valence-electron chi connectivity index (χ4n) is 2.67. The van der Waals surface area contributed by atoms with Crippen molar-refractivity contribution in [3.05, 3.63) is 28.8 Å². The molecule has 6 heteroatoms. The van der Waals surface area contributed by atoms with Crippen LogP contribution in [0.4, 0.5) is 5.69 Å². The molecule has 112 valence electrons. The Kier molecular flexibility index (Phi) is 5.18. The highest BCUT2D eigenvalue weighted by Crippen LogP contribution is 2.20. The summed E-state index contributed by atoms with van der Waals surface area (Å²) in [6.07, 6.45) is 0.301. The molecule has 0 saturated carbocycles. The van der Waals surface area contributed by atoms with Crippen molar-refractivity contribution in [2.24, 2.45) is 0 Å². The number of amides is 1. The zero-order valence-electron chi connectivity index (χ0n) is 12.1. The smallest absolute Gasteiger partial charge is 0.279 e. The third-order valence-electron chi connectivity index (χ3n) is 3.40. The van der Waals surface area contributed by atoms with Crippen molar-refractivity contribution in [1.82, 2.24) is 0 Å². The van der Waals surface area contributed by atoms with Gasteiger partial charge in [-0.05, 0) is 32.0 Å². The second kappa shape index (κ2) is 6.90. The van der Waals surface area contributed by atoms with E-state index >= 15 is 0 Å². The van der Waals surface area contributed by atoms with Crippen molar-refractivity contribution < 1.29 is 14.4 Å². The lowest BCUT2D eigenvalue weighted by molar-refractivity contribution is -0.907. The fourth-order valence-corrected chi connectivity index (χ4v) is 2.84. The molecule has 0 bridgehead atoms. The molecular formula is C15H19ClN3O2+. The standard InChI is InChI=1S/C15H18ClN3O2/c1-10-7-19(8-11(2)21-10)9-15(20)18-14-5-13(16)4-3-12(14)6-17/h3-5,10-11H,7-9H2,1-2H3,(H,18,20)/p+1/t10-,11-/m0/s1. The average molecular weight is 309 g/mol. The van der Waals surface area contributed by atoms with Gasteiger partial charge in [0.2, 0.25) is 0 Å². The van der Waals surface area contributed by atoms with Gasteiger partial charge < -0.3 is 15.0 Å². The SMILES string of the molecule is C[C@H]1C[NH+](CC(=O)Nc2cc(Cl)ccc2C#N)C[C@H](C)O1. The van der Waals surface area contributed by atoms with Crippen molar-refractivity contribution in [2.45, 2.75) is 26.1 Å². The Bertz CT molecular complexity index is 561. The lowest BCUT2D eigenvalue weighted by Gasteiger charge is -2.31. The number of anilines is 1. The van der Waals surface area contributed by atoms with Gasteiger partial charge in [-0.25, -0.2) is 0 Å². The molecule has 2 N–H and O–H groups in total. The number of quaternary nitrogens is 1. The quantitative estimate of drug-likeness (QED) is 0.870. The van der Waals surface area contributed by atoms with E-state index in [1.54, 1.807) is 18.2 Å². The zero-order valence-corrected chi connectivity index (χ0v) is 12.9. The van der Waals surface area contributed by atoms with Gasteiger partial charge in [-0.15, -0.1) is 0 Å². The summed E-state index contributed by atoms with van der Waals surface area (Å²) in [7, 11) is 0. The topological polar surface area (TPSA) is 66.6 Å². The molecule has 1 aromatic carbocycles. The van der Waals surface area contributed by atoms with Crippen LogP contribution in [0.1, 0.15) is 19.4 Å². The maximum Gasteiger partial charge on any atom is 0.279 e. The molecule has 21 heavy (non-hydrogen) atoms. The molecule has 1 heterocycles. The normalized spacial score (nSPS) is 25.1. The Morgan fingerprint density at radius 1 is 1.48 bits per heavy atom. The predicted octanol–water partition coefficient (Wildman–Crippen LogP) is 0.842. The van der Waals surface area contributed by atoms with E-state index in [4.69, 9.17) is 21.6 Å². The van der Waals surface area contributed by atoms with Crippen LogP contribution in [0.25, 0.3) is 0 Å². The van der Waals surface area contributed by atoms with Crippen molar-refractivity contribution in [3.8, 4) is 6.07 Å². The highest BCUT2D eigenvalue weighted by atomic mass is 35.5. The molecule has 0 spiro atoms. The van der Waals surface area contributed by atoms with Crippen molar-refractivity contribution in [2.75, 3.05) is 25.0 Å². The number of ether oxygens (including phenoxy) is 1. The van der Waals surface area contributed by atoms with Crippen LogP contribution < -0.4 is 10.2 Å². The molecule has 1 aromatic rings. The first-order chi connectivity index (χ1) is 9.97. The van der Waals surface area contributed by atoms with Gasteiger partial charge in [-0.3, -0.25) is 4.79 Å². The number of carbonyl (C=O) groups excluding carboxylic acids is 1. The predicted molar refractivity (Wildman–Crippen MR) is 80.4 cm³/mol. The molecule has 1 aliphatic heterocycles. The summed E-state index contributed by atoms with van der Waals surface area (Å²) in [5.41, 5.74) is 0.871. The number of morpholine rings is 1. The van der Waals surface area contributed by atoms with Crippen LogP contribution in [-0.4, -0.2) is 37.7 Å². The molecule has 0 aromatic heterocycles. The Labute approximate surface area is 129 Å². The Hall–Kier alpha value is -1.61. The number of nitriles is 1. The molecular weight excluding hydrogens is 290 g/mol. The number of halogens is 1. The van der Waals surface area contributed by atoms with E-state index in [1.165, 1.54) is 4.90 Å². The number of hydrogen-bond donors (Lipinski definition) is 2. The molecule has 0 aliphatic carbocycles. The summed E-state index contributed by atoms with van der Waals surface area (Å²) in [5, 5.41) is 12.3. The van der Waals surface area contributed by atoms with E-state index < -0.39 is 0 Å². The molecule has 1 fully saturated rings. The number of hydrogen-bond acceptors (Lipinski definition) is 3. The van der Waals surface area contributed by atoms with Crippen LogP contribution >= 0.6 is 11.6 Å². The van der Waals surface area contributed by atoms with Gasteiger partial charge in [0, 0.05) is 5.02 Å². The summed E-state index contributed by atoms with van der Waals surface area (Å²) >= 11 is 5.90. The maximum atomic E-state index is 12.1. The Balaban J connectivity index is 1.99. The summed E-state index contributed by atoms with van der Waals surface area (Å²) in [5.74, 6) is -0.120. The number of carbonyl (C=O) groups is 1. The first-order valence-electron chi connectivity index (χ1n) is 6.96. The third-order valence-corrected chi connectivity index (χ3v) is 3.64. The minimum absolute atomic E-state index is 0.120. The van der Waals surface area contributed by atoms with E-state index in [1.807, 2.05) is 19.9 Å². The molecule has 5 nitrogen and oxygen atoms in total. The van der Waals surface area contributed by atoms with Crippen molar-refractivity contribution in [1.29, 1.82) is 5.26 Å². The average Bonchev–Trinajstić information content (AvgIpc) is 2.37. The van der Waals surface area contributed by atoms with Crippen molar-refractivity contribution in [3.63, 3.8) is 0 Å². The fraction of sp³-hybridized carbons (Fsp3) is 0.467. The summed E-state index contributed by atoms with van der Waals surface area (Å²) < 4.78 is 5.66. The molecule has 1 aliphatic rings. The number of nitrogens with zero attached hydrogens (tertiary/aromatic N) is 1. The van der Waals surface area contributed by atoms with Gasteiger partial charge in [0.25, 0.3) is 5.91 Å². The Morgan fingerprint density at radius 3 is 2.76 bits per heavy atom. The van der Waals surface area contributed by atoms with Gasteiger partial charge in [0.05, 0.1) is 11.3 Å². The van der Waals surface area contributed by atoms with Crippen molar-refractivity contribution >= 4 is 23.2 Å². The number of rotatable bonds is 3. The van der Waals surface area contributed by atoms with Gasteiger partial charge >= 0.3 is 0 Å². The number of benzene rings is 1. The maximum absolute atomic E-state index is 12.1. The van der Waals surface area contributed by atoms with E-state index in [9.17, 15) is 4.79 Å². The molecule has 1 saturated heterocycles. The molecule has 1 amide bonds.